The molecule has 3 nitrogen and oxygen atoms in total. The molecular formula is C14H18N2O. The van der Waals surface area contributed by atoms with Gasteiger partial charge in [0.1, 0.15) is 0 Å². The van der Waals surface area contributed by atoms with Crippen molar-refractivity contribution < 1.29 is 0 Å². The molecule has 0 aliphatic rings. The van der Waals surface area contributed by atoms with Gasteiger partial charge in [-0.3, -0.25) is 4.79 Å². The number of H-pyrrole nitrogens is 1. The van der Waals surface area contributed by atoms with E-state index in [1.165, 1.54) is 0 Å². The minimum absolute atomic E-state index is 0.138. The van der Waals surface area contributed by atoms with Crippen LogP contribution in [0.3, 0.4) is 0 Å². The van der Waals surface area contributed by atoms with Crippen molar-refractivity contribution >= 4 is 16.6 Å². The highest BCUT2D eigenvalue weighted by Crippen LogP contribution is 2.18. The summed E-state index contributed by atoms with van der Waals surface area (Å²) in [6.07, 6.45) is 0.854. The molecule has 90 valence electrons. The number of pyridine rings is 1. The molecule has 0 saturated carbocycles. The summed E-state index contributed by atoms with van der Waals surface area (Å²) in [6, 6.07) is 5.94. The second-order valence-corrected chi connectivity index (χ2v) is 4.54. The fourth-order valence-corrected chi connectivity index (χ4v) is 2.06. The Labute approximate surface area is 101 Å². The van der Waals surface area contributed by atoms with Crippen LogP contribution in [0.4, 0.5) is 5.69 Å². The molecular weight excluding hydrogens is 212 g/mol. The van der Waals surface area contributed by atoms with Crippen LogP contribution in [-0.2, 0) is 6.42 Å². The molecule has 2 aromatic rings. The maximum absolute atomic E-state index is 12.2. The summed E-state index contributed by atoms with van der Waals surface area (Å²) in [5, 5.41) is 0.769. The third-order valence-electron chi connectivity index (χ3n) is 3.20. The van der Waals surface area contributed by atoms with Gasteiger partial charge in [0.25, 0.3) is 0 Å². The van der Waals surface area contributed by atoms with E-state index in [1.54, 1.807) is 0 Å². The molecule has 0 radical (unpaired) electrons. The predicted molar refractivity (Wildman–Crippen MR) is 73.0 cm³/mol. The molecule has 0 atom stereocenters. The van der Waals surface area contributed by atoms with E-state index < -0.39 is 0 Å². The van der Waals surface area contributed by atoms with E-state index in [0.29, 0.717) is 0 Å². The fraction of sp³-hybridized carbons (Fsp3) is 0.357. The van der Waals surface area contributed by atoms with Gasteiger partial charge in [0, 0.05) is 41.9 Å². The molecule has 0 amide bonds. The first-order chi connectivity index (χ1) is 8.04. The Bertz CT molecular complexity index is 611. The molecule has 3 heteroatoms. The van der Waals surface area contributed by atoms with Crippen LogP contribution in [0.5, 0.6) is 0 Å². The number of fused-ring (bicyclic) bond motifs is 1. The van der Waals surface area contributed by atoms with Gasteiger partial charge in [0.2, 0.25) is 0 Å². The average Bonchev–Trinajstić information content (AvgIpc) is 2.33. The number of nitrogens with zero attached hydrogens (tertiary/aromatic N) is 1. The van der Waals surface area contributed by atoms with Crippen LogP contribution >= 0.6 is 0 Å². The van der Waals surface area contributed by atoms with Crippen molar-refractivity contribution in [2.75, 3.05) is 19.0 Å². The zero-order chi connectivity index (χ0) is 12.6. The quantitative estimate of drug-likeness (QED) is 0.860. The van der Waals surface area contributed by atoms with Crippen LogP contribution in [0.1, 0.15) is 18.2 Å². The van der Waals surface area contributed by atoms with Crippen molar-refractivity contribution in [3.8, 4) is 0 Å². The van der Waals surface area contributed by atoms with Crippen LogP contribution in [0.15, 0.2) is 23.0 Å². The lowest BCUT2D eigenvalue weighted by molar-refractivity contribution is 1.02. The first-order valence-electron chi connectivity index (χ1n) is 5.87. The van der Waals surface area contributed by atoms with Crippen molar-refractivity contribution in [3.05, 3.63) is 39.7 Å². The number of hydrogen-bond acceptors (Lipinski definition) is 2. The first-order valence-corrected chi connectivity index (χ1v) is 5.87. The van der Waals surface area contributed by atoms with E-state index in [0.717, 1.165) is 34.3 Å². The summed E-state index contributed by atoms with van der Waals surface area (Å²) < 4.78 is 0. The third kappa shape index (κ3) is 1.93. The monoisotopic (exact) mass is 230 g/mol. The minimum Gasteiger partial charge on any atom is -0.378 e. The molecule has 0 bridgehead atoms. The number of rotatable bonds is 2. The van der Waals surface area contributed by atoms with Crippen LogP contribution in [-0.4, -0.2) is 19.1 Å². The van der Waals surface area contributed by atoms with Gasteiger partial charge in [-0.25, -0.2) is 0 Å². The van der Waals surface area contributed by atoms with Gasteiger partial charge in [-0.15, -0.1) is 0 Å². The molecule has 1 heterocycles. The van der Waals surface area contributed by atoms with Crippen molar-refractivity contribution in [3.63, 3.8) is 0 Å². The van der Waals surface area contributed by atoms with Gasteiger partial charge in [0.15, 0.2) is 5.43 Å². The average molecular weight is 230 g/mol. The number of benzene rings is 1. The summed E-state index contributed by atoms with van der Waals surface area (Å²) in [5.41, 5.74) is 3.96. The lowest BCUT2D eigenvalue weighted by Gasteiger charge is -2.13. The van der Waals surface area contributed by atoms with E-state index in [9.17, 15) is 4.79 Å². The second-order valence-electron chi connectivity index (χ2n) is 4.54. The maximum atomic E-state index is 12.2. The van der Waals surface area contributed by atoms with Crippen molar-refractivity contribution in [1.29, 1.82) is 0 Å². The minimum atomic E-state index is 0.138. The number of anilines is 1. The van der Waals surface area contributed by atoms with Crippen molar-refractivity contribution in [1.82, 2.24) is 4.98 Å². The first kappa shape index (κ1) is 11.7. The van der Waals surface area contributed by atoms with Gasteiger partial charge in [-0.05, 0) is 31.5 Å². The Morgan fingerprint density at radius 2 is 2.00 bits per heavy atom. The lowest BCUT2D eigenvalue weighted by Crippen LogP contribution is -2.13. The Morgan fingerprint density at radius 3 is 2.59 bits per heavy atom. The summed E-state index contributed by atoms with van der Waals surface area (Å²) in [5.74, 6) is 0. The fourth-order valence-electron chi connectivity index (χ4n) is 2.06. The van der Waals surface area contributed by atoms with Crippen LogP contribution in [0, 0.1) is 6.92 Å². The largest absolute Gasteiger partial charge is 0.378 e. The van der Waals surface area contributed by atoms with E-state index in [1.807, 2.05) is 44.1 Å². The summed E-state index contributed by atoms with van der Waals surface area (Å²) in [4.78, 5) is 17.6. The summed E-state index contributed by atoms with van der Waals surface area (Å²) in [6.45, 7) is 3.94. The molecule has 0 aliphatic heterocycles. The SMILES string of the molecule is CCc1[nH]c2ccc(N(C)C)cc2c(=O)c1C. The molecule has 0 fully saturated rings. The molecule has 0 spiro atoms. The Balaban J connectivity index is 2.79. The van der Waals surface area contributed by atoms with Gasteiger partial charge in [0.05, 0.1) is 0 Å². The molecule has 17 heavy (non-hydrogen) atoms. The number of aryl methyl sites for hydroxylation is 1. The normalized spacial score (nSPS) is 10.8. The number of nitrogens with one attached hydrogen (secondary N) is 1. The number of hydrogen-bond donors (Lipinski definition) is 1. The Morgan fingerprint density at radius 1 is 1.29 bits per heavy atom. The van der Waals surface area contributed by atoms with Gasteiger partial charge >= 0.3 is 0 Å². The molecule has 1 aromatic heterocycles. The molecule has 0 unspecified atom stereocenters. The van der Waals surface area contributed by atoms with E-state index >= 15 is 0 Å². The smallest absolute Gasteiger partial charge is 0.192 e. The van der Waals surface area contributed by atoms with E-state index in [4.69, 9.17) is 0 Å². The molecule has 0 aliphatic carbocycles. The molecule has 2 rings (SSSR count). The maximum Gasteiger partial charge on any atom is 0.192 e. The highest BCUT2D eigenvalue weighted by atomic mass is 16.1. The van der Waals surface area contributed by atoms with Crippen molar-refractivity contribution in [2.24, 2.45) is 0 Å². The van der Waals surface area contributed by atoms with Gasteiger partial charge in [-0.1, -0.05) is 6.92 Å². The molecule has 0 saturated heterocycles. The Kier molecular flexibility index (Phi) is 2.92. The third-order valence-corrected chi connectivity index (χ3v) is 3.20. The van der Waals surface area contributed by atoms with Crippen molar-refractivity contribution in [2.45, 2.75) is 20.3 Å². The zero-order valence-electron chi connectivity index (χ0n) is 10.8. The summed E-state index contributed by atoms with van der Waals surface area (Å²) >= 11 is 0. The van der Waals surface area contributed by atoms with E-state index in [2.05, 4.69) is 11.9 Å². The number of aromatic amines is 1. The van der Waals surface area contributed by atoms with Gasteiger partial charge < -0.3 is 9.88 Å². The summed E-state index contributed by atoms with van der Waals surface area (Å²) in [7, 11) is 3.95. The van der Waals surface area contributed by atoms with Crippen LogP contribution in [0.2, 0.25) is 0 Å². The predicted octanol–water partition coefficient (Wildman–Crippen LogP) is 2.46. The van der Waals surface area contributed by atoms with Gasteiger partial charge in [-0.2, -0.15) is 0 Å². The van der Waals surface area contributed by atoms with Crippen LogP contribution in [0.25, 0.3) is 10.9 Å². The highest BCUT2D eigenvalue weighted by Gasteiger charge is 2.08. The standard InChI is InChI=1S/C14H18N2O/c1-5-12-9(2)14(17)11-8-10(16(3)4)6-7-13(11)15-12/h6-8H,5H2,1-4H3,(H,15,17). The van der Waals surface area contributed by atoms with Crippen LogP contribution < -0.4 is 10.3 Å². The van der Waals surface area contributed by atoms with E-state index in [-0.39, 0.29) is 5.43 Å². The Hall–Kier alpha value is -1.77. The lowest BCUT2D eigenvalue weighted by atomic mass is 10.1. The molecule has 1 aromatic carbocycles. The second kappa shape index (κ2) is 4.24. The molecule has 1 N–H and O–H groups in total. The topological polar surface area (TPSA) is 36.1 Å². The number of aromatic nitrogens is 1. The highest BCUT2D eigenvalue weighted by molar-refractivity contribution is 5.83. The zero-order valence-corrected chi connectivity index (χ0v) is 10.8.